The Hall–Kier alpha value is -2.06. The van der Waals surface area contributed by atoms with Crippen molar-refractivity contribution in [2.45, 2.75) is 6.42 Å². The molecule has 3 rings (SSSR count). The molecule has 22 heavy (non-hydrogen) atoms. The van der Waals surface area contributed by atoms with Gasteiger partial charge >= 0.3 is 0 Å². The highest BCUT2D eigenvalue weighted by Gasteiger charge is 2.24. The number of hydrogen-bond acceptors (Lipinski definition) is 7. The lowest BCUT2D eigenvalue weighted by molar-refractivity contribution is -0.117. The molecule has 0 aliphatic carbocycles. The summed E-state index contributed by atoms with van der Waals surface area (Å²) in [6, 6.07) is 5.83. The Balaban J connectivity index is 1.39. The second-order valence-corrected chi connectivity index (χ2v) is 6.11. The van der Waals surface area contributed by atoms with Gasteiger partial charge in [0.2, 0.25) is 11.0 Å². The molecule has 1 aliphatic heterocycles. The third-order valence-corrected chi connectivity index (χ3v) is 4.19. The van der Waals surface area contributed by atoms with Gasteiger partial charge in [-0.2, -0.15) is 0 Å². The fourth-order valence-corrected chi connectivity index (χ4v) is 2.99. The number of anilines is 2. The van der Waals surface area contributed by atoms with Crippen molar-refractivity contribution in [2.75, 3.05) is 36.8 Å². The van der Waals surface area contributed by atoms with Gasteiger partial charge < -0.3 is 5.32 Å². The number of pyridine rings is 1. The maximum absolute atomic E-state index is 11.9. The molecular weight excluding hydrogens is 300 g/mol. The molecule has 2 N–H and O–H groups in total. The number of aromatic nitrogens is 3. The Morgan fingerprint density at radius 3 is 3.18 bits per heavy atom. The number of likely N-dealkylation sites (tertiary alicyclic amines) is 1. The van der Waals surface area contributed by atoms with Crippen molar-refractivity contribution in [3.63, 3.8) is 0 Å². The molecule has 0 saturated carbocycles. The summed E-state index contributed by atoms with van der Waals surface area (Å²) in [5.41, 5.74) is 1.60. The Labute approximate surface area is 132 Å². The van der Waals surface area contributed by atoms with Crippen LogP contribution < -0.4 is 10.6 Å². The zero-order valence-corrected chi connectivity index (χ0v) is 12.9. The van der Waals surface area contributed by atoms with Crippen LogP contribution in [0.3, 0.4) is 0 Å². The number of carbonyl (C=O) groups excluding carboxylic acids is 1. The summed E-state index contributed by atoms with van der Waals surface area (Å²) < 4.78 is 0. The second kappa shape index (κ2) is 7.28. The van der Waals surface area contributed by atoms with Gasteiger partial charge in [0.1, 0.15) is 11.3 Å². The van der Waals surface area contributed by atoms with E-state index in [1.807, 2.05) is 18.2 Å². The number of nitrogens with one attached hydrogen (secondary N) is 2. The van der Waals surface area contributed by atoms with Crippen molar-refractivity contribution in [3.8, 4) is 0 Å². The largest absolute Gasteiger partial charge is 0.370 e. The zero-order valence-electron chi connectivity index (χ0n) is 12.1. The molecule has 8 heteroatoms. The number of rotatable bonds is 6. The van der Waals surface area contributed by atoms with E-state index < -0.39 is 0 Å². The second-order valence-electron chi connectivity index (χ2n) is 5.28. The molecule has 0 aromatic carbocycles. The van der Waals surface area contributed by atoms with Gasteiger partial charge in [-0.05, 0) is 31.0 Å². The van der Waals surface area contributed by atoms with E-state index in [-0.39, 0.29) is 5.91 Å². The first-order valence-corrected chi connectivity index (χ1v) is 8.11. The lowest BCUT2D eigenvalue weighted by Gasteiger charge is -2.15. The van der Waals surface area contributed by atoms with E-state index in [2.05, 4.69) is 30.7 Å². The van der Waals surface area contributed by atoms with Crippen molar-refractivity contribution in [1.82, 2.24) is 20.1 Å². The third kappa shape index (κ3) is 4.22. The van der Waals surface area contributed by atoms with E-state index >= 15 is 0 Å². The van der Waals surface area contributed by atoms with E-state index in [0.717, 1.165) is 31.9 Å². The molecular formula is C14H18N6OS. The topological polar surface area (TPSA) is 83.0 Å². The summed E-state index contributed by atoms with van der Waals surface area (Å²) in [6.45, 7) is 3.15. The van der Waals surface area contributed by atoms with E-state index in [9.17, 15) is 4.79 Å². The minimum atomic E-state index is -0.0323. The van der Waals surface area contributed by atoms with Crippen LogP contribution in [-0.2, 0) is 4.79 Å². The molecule has 0 bridgehead atoms. The highest BCUT2D eigenvalue weighted by atomic mass is 32.1. The molecule has 116 valence electrons. The number of nitrogens with zero attached hydrogens (tertiary/aromatic N) is 4. The average molecular weight is 318 g/mol. The van der Waals surface area contributed by atoms with Crippen LogP contribution in [0.25, 0.3) is 0 Å². The first-order chi connectivity index (χ1) is 10.8. The van der Waals surface area contributed by atoms with Crippen molar-refractivity contribution >= 4 is 28.2 Å². The Bertz CT molecular complexity index is 591. The van der Waals surface area contributed by atoms with Crippen LogP contribution in [0.2, 0.25) is 0 Å². The minimum Gasteiger partial charge on any atom is -0.370 e. The predicted molar refractivity (Wildman–Crippen MR) is 85.8 cm³/mol. The molecule has 0 radical (unpaired) electrons. The normalized spacial score (nSPS) is 18.3. The van der Waals surface area contributed by atoms with Crippen molar-refractivity contribution in [3.05, 3.63) is 29.9 Å². The molecule has 1 saturated heterocycles. The number of carbonyl (C=O) groups is 1. The fraction of sp³-hybridized carbons (Fsp3) is 0.429. The lowest BCUT2D eigenvalue weighted by Crippen LogP contribution is -2.32. The van der Waals surface area contributed by atoms with Gasteiger partial charge in [-0.3, -0.25) is 15.0 Å². The van der Waals surface area contributed by atoms with Gasteiger partial charge in [0.25, 0.3) is 0 Å². The van der Waals surface area contributed by atoms with Gasteiger partial charge in [0.15, 0.2) is 0 Å². The Morgan fingerprint density at radius 2 is 2.41 bits per heavy atom. The summed E-state index contributed by atoms with van der Waals surface area (Å²) in [5.74, 6) is 1.40. The first-order valence-electron chi connectivity index (χ1n) is 7.23. The van der Waals surface area contributed by atoms with Crippen molar-refractivity contribution < 1.29 is 4.79 Å². The maximum atomic E-state index is 11.9. The lowest BCUT2D eigenvalue weighted by atomic mass is 10.1. The predicted octanol–water partition coefficient (Wildman–Crippen LogP) is 1.31. The van der Waals surface area contributed by atoms with E-state index in [0.29, 0.717) is 17.6 Å². The number of hydrogen-bond donors (Lipinski definition) is 2. The molecule has 1 aliphatic rings. The SMILES string of the molecule is O=C(CN1CC[C@@H](CNc2ccccn2)C1)Nc1nncs1. The van der Waals surface area contributed by atoms with Gasteiger partial charge in [-0.15, -0.1) is 10.2 Å². The summed E-state index contributed by atoms with van der Waals surface area (Å²) >= 11 is 1.33. The highest BCUT2D eigenvalue weighted by molar-refractivity contribution is 7.13. The molecule has 0 unspecified atom stereocenters. The van der Waals surface area contributed by atoms with Crippen LogP contribution in [-0.4, -0.2) is 52.2 Å². The van der Waals surface area contributed by atoms with Crippen molar-refractivity contribution in [2.24, 2.45) is 5.92 Å². The van der Waals surface area contributed by atoms with Crippen LogP contribution in [0.5, 0.6) is 0 Å². The van der Waals surface area contributed by atoms with Gasteiger partial charge in [-0.1, -0.05) is 17.4 Å². The monoisotopic (exact) mass is 318 g/mol. The standard InChI is InChI=1S/C14H18N6OS/c21-13(18-14-19-17-10-22-14)9-20-6-4-11(8-20)7-16-12-3-1-2-5-15-12/h1-3,5,10-11H,4,6-9H2,(H,15,16)(H,18,19,21)/t11-/m0/s1. The van der Waals surface area contributed by atoms with E-state index in [1.165, 1.54) is 11.3 Å². The summed E-state index contributed by atoms with van der Waals surface area (Å²) in [6.07, 6.45) is 2.87. The van der Waals surface area contributed by atoms with Crippen LogP contribution in [0.1, 0.15) is 6.42 Å². The van der Waals surface area contributed by atoms with E-state index in [1.54, 1.807) is 11.7 Å². The van der Waals surface area contributed by atoms with Gasteiger partial charge in [0, 0.05) is 19.3 Å². The summed E-state index contributed by atoms with van der Waals surface area (Å²) in [7, 11) is 0. The van der Waals surface area contributed by atoms with Crippen LogP contribution in [0.15, 0.2) is 29.9 Å². The van der Waals surface area contributed by atoms with Crippen LogP contribution in [0.4, 0.5) is 10.9 Å². The Morgan fingerprint density at radius 1 is 1.45 bits per heavy atom. The fourth-order valence-electron chi connectivity index (χ4n) is 2.53. The molecule has 2 aromatic heterocycles. The average Bonchev–Trinajstić information content (AvgIpc) is 3.18. The minimum absolute atomic E-state index is 0.0323. The third-order valence-electron chi connectivity index (χ3n) is 3.58. The molecule has 1 fully saturated rings. The van der Waals surface area contributed by atoms with Crippen LogP contribution in [0, 0.1) is 5.92 Å². The summed E-state index contributed by atoms with van der Waals surface area (Å²) in [4.78, 5) is 18.3. The molecule has 1 atom stereocenters. The maximum Gasteiger partial charge on any atom is 0.240 e. The molecule has 1 amide bonds. The zero-order chi connectivity index (χ0) is 15.2. The van der Waals surface area contributed by atoms with Crippen molar-refractivity contribution in [1.29, 1.82) is 0 Å². The van der Waals surface area contributed by atoms with Gasteiger partial charge in [0.05, 0.1) is 6.54 Å². The molecule has 7 nitrogen and oxygen atoms in total. The van der Waals surface area contributed by atoms with Gasteiger partial charge in [-0.25, -0.2) is 4.98 Å². The molecule has 2 aromatic rings. The highest BCUT2D eigenvalue weighted by Crippen LogP contribution is 2.17. The first kappa shape index (κ1) is 14.9. The molecule has 0 spiro atoms. The van der Waals surface area contributed by atoms with Crippen LogP contribution >= 0.6 is 11.3 Å². The van der Waals surface area contributed by atoms with E-state index in [4.69, 9.17) is 0 Å². The summed E-state index contributed by atoms with van der Waals surface area (Å²) in [5, 5.41) is 14.2. The smallest absolute Gasteiger partial charge is 0.240 e. The number of amides is 1. The quantitative estimate of drug-likeness (QED) is 0.835. The Kier molecular flexibility index (Phi) is 4.92. The molecule has 3 heterocycles.